The molecule has 0 aliphatic heterocycles. The van der Waals surface area contributed by atoms with Gasteiger partial charge in [0.05, 0.1) is 6.61 Å². The van der Waals surface area contributed by atoms with Crippen LogP contribution in [0.25, 0.3) is 0 Å². The van der Waals surface area contributed by atoms with Gasteiger partial charge in [0.1, 0.15) is 0 Å². The zero-order chi connectivity index (χ0) is 14.6. The summed E-state index contributed by atoms with van der Waals surface area (Å²) in [5, 5.41) is 5.55. The summed E-state index contributed by atoms with van der Waals surface area (Å²) in [7, 11) is 0. The van der Waals surface area contributed by atoms with Crippen molar-refractivity contribution in [2.75, 3.05) is 26.4 Å². The summed E-state index contributed by atoms with van der Waals surface area (Å²) in [4.78, 5) is 15.7. The van der Waals surface area contributed by atoms with Gasteiger partial charge in [-0.25, -0.2) is 9.78 Å². The molecule has 0 aromatic carbocycles. The van der Waals surface area contributed by atoms with Crippen LogP contribution in [0.4, 0.5) is 4.79 Å². The summed E-state index contributed by atoms with van der Waals surface area (Å²) in [5.41, 5.74) is 0.860. The molecule has 1 aromatic rings. The highest BCUT2D eigenvalue weighted by molar-refractivity contribution is 5.73. The van der Waals surface area contributed by atoms with E-state index in [0.717, 1.165) is 12.0 Å². The molecule has 0 bridgehead atoms. The normalized spacial score (nSPS) is 10.1. The number of amides is 2. The standard InChI is InChI=1S/C14H23N3O3/c1-3-19-10-6-9-16-14(18)17-11-12-7-5-8-15-13(12)20-4-2/h5,7-8H,3-4,6,9-11H2,1-2H3,(H2,16,17,18). The summed E-state index contributed by atoms with van der Waals surface area (Å²) >= 11 is 0. The molecule has 0 atom stereocenters. The second-order valence-corrected chi connectivity index (χ2v) is 4.06. The summed E-state index contributed by atoms with van der Waals surface area (Å²) in [6, 6.07) is 3.50. The first-order valence-corrected chi connectivity index (χ1v) is 6.94. The van der Waals surface area contributed by atoms with Crippen LogP contribution in [0.3, 0.4) is 0 Å². The number of aromatic nitrogens is 1. The molecule has 0 aliphatic carbocycles. The van der Waals surface area contributed by atoms with E-state index in [-0.39, 0.29) is 6.03 Å². The highest BCUT2D eigenvalue weighted by Crippen LogP contribution is 2.13. The maximum atomic E-state index is 11.6. The maximum Gasteiger partial charge on any atom is 0.315 e. The first-order valence-electron chi connectivity index (χ1n) is 6.94. The summed E-state index contributed by atoms with van der Waals surface area (Å²) in [6.45, 7) is 6.74. The largest absolute Gasteiger partial charge is 0.478 e. The second kappa shape index (κ2) is 10.0. The minimum absolute atomic E-state index is 0.201. The van der Waals surface area contributed by atoms with Crippen LogP contribution in [-0.2, 0) is 11.3 Å². The molecule has 0 aliphatic rings. The van der Waals surface area contributed by atoms with Gasteiger partial charge in [-0.1, -0.05) is 6.07 Å². The molecule has 0 unspecified atom stereocenters. The number of ether oxygens (including phenoxy) is 2. The van der Waals surface area contributed by atoms with Crippen LogP contribution in [0, 0.1) is 0 Å². The lowest BCUT2D eigenvalue weighted by atomic mass is 10.2. The highest BCUT2D eigenvalue weighted by atomic mass is 16.5. The number of hydrogen-bond acceptors (Lipinski definition) is 4. The van der Waals surface area contributed by atoms with E-state index in [4.69, 9.17) is 9.47 Å². The monoisotopic (exact) mass is 281 g/mol. The van der Waals surface area contributed by atoms with Crippen molar-refractivity contribution in [2.45, 2.75) is 26.8 Å². The van der Waals surface area contributed by atoms with Gasteiger partial charge < -0.3 is 20.1 Å². The molecule has 0 spiro atoms. The van der Waals surface area contributed by atoms with Gasteiger partial charge in [0.15, 0.2) is 0 Å². The van der Waals surface area contributed by atoms with Crippen molar-refractivity contribution in [1.29, 1.82) is 0 Å². The Hall–Kier alpha value is -1.82. The van der Waals surface area contributed by atoms with E-state index >= 15 is 0 Å². The highest BCUT2D eigenvalue weighted by Gasteiger charge is 2.05. The van der Waals surface area contributed by atoms with Gasteiger partial charge in [-0.3, -0.25) is 0 Å². The van der Waals surface area contributed by atoms with Gasteiger partial charge in [-0.05, 0) is 26.3 Å². The maximum absolute atomic E-state index is 11.6. The lowest BCUT2D eigenvalue weighted by molar-refractivity contribution is 0.145. The summed E-state index contributed by atoms with van der Waals surface area (Å²) in [6.07, 6.45) is 2.47. The molecule has 0 radical (unpaired) electrons. The fraction of sp³-hybridized carbons (Fsp3) is 0.571. The third-order valence-electron chi connectivity index (χ3n) is 2.53. The topological polar surface area (TPSA) is 72.5 Å². The van der Waals surface area contributed by atoms with Crippen LogP contribution in [-0.4, -0.2) is 37.4 Å². The summed E-state index contributed by atoms with van der Waals surface area (Å²) in [5.74, 6) is 0.562. The number of pyridine rings is 1. The van der Waals surface area contributed by atoms with E-state index in [2.05, 4.69) is 15.6 Å². The minimum Gasteiger partial charge on any atom is -0.478 e. The number of hydrogen-bond donors (Lipinski definition) is 2. The van der Waals surface area contributed by atoms with Crippen molar-refractivity contribution in [3.63, 3.8) is 0 Å². The van der Waals surface area contributed by atoms with Crippen LogP contribution in [0.5, 0.6) is 5.88 Å². The van der Waals surface area contributed by atoms with E-state index in [1.807, 2.05) is 26.0 Å². The van der Waals surface area contributed by atoms with E-state index < -0.39 is 0 Å². The number of carbonyl (C=O) groups excluding carboxylic acids is 1. The molecular formula is C14H23N3O3. The van der Waals surface area contributed by atoms with Gasteiger partial charge in [0, 0.05) is 38.1 Å². The average Bonchev–Trinajstić information content (AvgIpc) is 2.46. The number of nitrogens with one attached hydrogen (secondary N) is 2. The number of urea groups is 1. The Bertz CT molecular complexity index is 399. The molecule has 20 heavy (non-hydrogen) atoms. The second-order valence-electron chi connectivity index (χ2n) is 4.06. The number of carbonyl (C=O) groups is 1. The van der Waals surface area contributed by atoms with E-state index in [1.54, 1.807) is 6.20 Å². The van der Waals surface area contributed by atoms with Gasteiger partial charge in [0.25, 0.3) is 0 Å². The zero-order valence-corrected chi connectivity index (χ0v) is 12.1. The molecule has 0 saturated heterocycles. The van der Waals surface area contributed by atoms with Gasteiger partial charge in [-0.2, -0.15) is 0 Å². The number of nitrogens with zero attached hydrogens (tertiary/aromatic N) is 1. The Labute approximate surface area is 119 Å². The van der Waals surface area contributed by atoms with Crippen molar-refractivity contribution in [3.8, 4) is 5.88 Å². The third-order valence-corrected chi connectivity index (χ3v) is 2.53. The molecule has 2 amide bonds. The SMILES string of the molecule is CCOCCCNC(=O)NCc1cccnc1OCC. The molecule has 2 N–H and O–H groups in total. The fourth-order valence-electron chi connectivity index (χ4n) is 1.58. The van der Waals surface area contributed by atoms with Crippen molar-refractivity contribution >= 4 is 6.03 Å². The Balaban J connectivity index is 2.26. The third kappa shape index (κ3) is 6.38. The van der Waals surface area contributed by atoms with Crippen molar-refractivity contribution in [3.05, 3.63) is 23.9 Å². The first-order chi connectivity index (χ1) is 9.77. The Morgan fingerprint density at radius 1 is 1.30 bits per heavy atom. The van der Waals surface area contributed by atoms with E-state index in [9.17, 15) is 4.79 Å². The van der Waals surface area contributed by atoms with Crippen LogP contribution in [0.15, 0.2) is 18.3 Å². The van der Waals surface area contributed by atoms with Crippen molar-refractivity contribution in [1.82, 2.24) is 15.6 Å². The van der Waals surface area contributed by atoms with Crippen LogP contribution in [0.2, 0.25) is 0 Å². The predicted octanol–water partition coefficient (Wildman–Crippen LogP) is 1.71. The lowest BCUT2D eigenvalue weighted by Crippen LogP contribution is -2.36. The van der Waals surface area contributed by atoms with Gasteiger partial charge in [-0.15, -0.1) is 0 Å². The van der Waals surface area contributed by atoms with E-state index in [0.29, 0.717) is 38.8 Å². The quantitative estimate of drug-likeness (QED) is 0.676. The lowest BCUT2D eigenvalue weighted by Gasteiger charge is -2.10. The van der Waals surface area contributed by atoms with Crippen LogP contribution in [0.1, 0.15) is 25.8 Å². The Morgan fingerprint density at radius 3 is 2.90 bits per heavy atom. The van der Waals surface area contributed by atoms with Gasteiger partial charge >= 0.3 is 6.03 Å². The zero-order valence-electron chi connectivity index (χ0n) is 12.1. The predicted molar refractivity (Wildman–Crippen MR) is 76.8 cm³/mol. The summed E-state index contributed by atoms with van der Waals surface area (Å²) < 4.78 is 10.6. The Morgan fingerprint density at radius 2 is 2.15 bits per heavy atom. The van der Waals surface area contributed by atoms with Crippen LogP contribution >= 0.6 is 0 Å². The van der Waals surface area contributed by atoms with E-state index in [1.165, 1.54) is 0 Å². The molecular weight excluding hydrogens is 258 g/mol. The number of rotatable bonds is 9. The average molecular weight is 281 g/mol. The van der Waals surface area contributed by atoms with Gasteiger partial charge in [0.2, 0.25) is 5.88 Å². The van der Waals surface area contributed by atoms with Crippen molar-refractivity contribution < 1.29 is 14.3 Å². The van der Waals surface area contributed by atoms with Crippen LogP contribution < -0.4 is 15.4 Å². The molecule has 1 aromatic heterocycles. The molecule has 6 nitrogen and oxygen atoms in total. The molecule has 0 saturated carbocycles. The molecule has 112 valence electrons. The molecule has 6 heteroatoms. The van der Waals surface area contributed by atoms with Crippen molar-refractivity contribution in [2.24, 2.45) is 0 Å². The minimum atomic E-state index is -0.201. The Kier molecular flexibility index (Phi) is 8.14. The molecule has 0 fully saturated rings. The molecule has 1 rings (SSSR count). The smallest absolute Gasteiger partial charge is 0.315 e. The fourth-order valence-corrected chi connectivity index (χ4v) is 1.58. The first kappa shape index (κ1) is 16.2. The molecule has 1 heterocycles.